The first-order valence-electron chi connectivity index (χ1n) is 5.43. The van der Waals surface area contributed by atoms with Crippen molar-refractivity contribution in [3.05, 3.63) is 34.4 Å². The Kier molecular flexibility index (Phi) is 2.76. The van der Waals surface area contributed by atoms with E-state index in [0.717, 1.165) is 12.1 Å². The minimum absolute atomic E-state index is 1.03. The van der Waals surface area contributed by atoms with Gasteiger partial charge in [-0.15, -0.1) is 0 Å². The van der Waals surface area contributed by atoms with Gasteiger partial charge in [-0.3, -0.25) is 0 Å². The molecule has 2 heteroatoms. The highest BCUT2D eigenvalue weighted by Crippen LogP contribution is 2.26. The average molecular weight is 203 g/mol. The van der Waals surface area contributed by atoms with Crippen molar-refractivity contribution in [1.82, 2.24) is 0 Å². The molecule has 0 heterocycles. The highest BCUT2D eigenvalue weighted by Gasteiger charge is 2.18. The van der Waals surface area contributed by atoms with Crippen LogP contribution in [0, 0.1) is 13.8 Å². The quantitative estimate of drug-likeness (QED) is 0.643. The van der Waals surface area contributed by atoms with Crippen molar-refractivity contribution in [2.45, 2.75) is 33.1 Å². The summed E-state index contributed by atoms with van der Waals surface area (Å²) in [6.45, 7) is 4.32. The van der Waals surface area contributed by atoms with E-state index in [1.807, 2.05) is 0 Å². The van der Waals surface area contributed by atoms with Gasteiger partial charge < -0.3 is 4.84 Å². The van der Waals surface area contributed by atoms with Gasteiger partial charge in [0.15, 0.2) is 0 Å². The molecule has 0 aliphatic heterocycles. The van der Waals surface area contributed by atoms with Crippen LogP contribution in [-0.4, -0.2) is 12.8 Å². The van der Waals surface area contributed by atoms with Gasteiger partial charge in [-0.25, -0.2) is 0 Å². The van der Waals surface area contributed by atoms with Crippen LogP contribution in [0.2, 0.25) is 0 Å². The van der Waals surface area contributed by atoms with E-state index in [0.29, 0.717) is 0 Å². The fraction of sp³-hybridized carbons (Fsp3) is 0.462. The molecule has 0 fully saturated rings. The summed E-state index contributed by atoms with van der Waals surface area (Å²) in [6, 6.07) is 4.42. The summed E-state index contributed by atoms with van der Waals surface area (Å²) in [5.74, 6) is 0. The monoisotopic (exact) mass is 203 g/mol. The normalized spacial score (nSPS) is 17.7. The smallest absolute Gasteiger partial charge is 0.106 e. The lowest BCUT2D eigenvalue weighted by molar-refractivity contribution is 0.212. The Bertz CT molecular complexity index is 407. The lowest BCUT2D eigenvalue weighted by Gasteiger charge is -2.20. The van der Waals surface area contributed by atoms with Crippen LogP contribution in [0.5, 0.6) is 0 Å². The molecule has 0 aromatic heterocycles. The standard InChI is InChI=1S/C13H17NO/c1-9-7-8-11-5-4-6-12(14-15-3)13(11)10(9)2/h7-8H,4-6H2,1-3H3/b14-12-. The van der Waals surface area contributed by atoms with E-state index in [4.69, 9.17) is 4.84 Å². The maximum atomic E-state index is 4.92. The van der Waals surface area contributed by atoms with Gasteiger partial charge in [0, 0.05) is 5.56 Å². The molecule has 2 nitrogen and oxygen atoms in total. The van der Waals surface area contributed by atoms with Crippen LogP contribution >= 0.6 is 0 Å². The van der Waals surface area contributed by atoms with Crippen molar-refractivity contribution in [1.29, 1.82) is 0 Å². The number of oxime groups is 1. The summed E-state index contributed by atoms with van der Waals surface area (Å²) < 4.78 is 0. The van der Waals surface area contributed by atoms with Gasteiger partial charge in [0.1, 0.15) is 7.11 Å². The SMILES string of the molecule is CO/N=C1/CCCc2ccc(C)c(C)c21. The van der Waals surface area contributed by atoms with Crippen LogP contribution < -0.4 is 0 Å². The van der Waals surface area contributed by atoms with Crippen LogP contribution in [-0.2, 0) is 11.3 Å². The van der Waals surface area contributed by atoms with E-state index in [9.17, 15) is 0 Å². The zero-order valence-electron chi connectivity index (χ0n) is 9.63. The molecule has 80 valence electrons. The van der Waals surface area contributed by atoms with E-state index in [1.165, 1.54) is 35.1 Å². The fourth-order valence-electron chi connectivity index (χ4n) is 2.25. The Labute approximate surface area is 90.9 Å². The average Bonchev–Trinajstić information content (AvgIpc) is 2.24. The second kappa shape index (κ2) is 4.05. The molecule has 2 rings (SSSR count). The second-order valence-electron chi connectivity index (χ2n) is 4.12. The second-order valence-corrected chi connectivity index (χ2v) is 4.12. The zero-order chi connectivity index (χ0) is 10.8. The molecule has 0 saturated carbocycles. The van der Waals surface area contributed by atoms with Gasteiger partial charge in [-0.05, 0) is 49.8 Å². The molecule has 1 aromatic carbocycles. The maximum Gasteiger partial charge on any atom is 0.106 e. The molecular weight excluding hydrogens is 186 g/mol. The van der Waals surface area contributed by atoms with Crippen LogP contribution in [0.25, 0.3) is 0 Å². The van der Waals surface area contributed by atoms with E-state index in [2.05, 4.69) is 31.1 Å². The first-order chi connectivity index (χ1) is 7.24. The van der Waals surface area contributed by atoms with Gasteiger partial charge in [0.05, 0.1) is 5.71 Å². The molecule has 15 heavy (non-hydrogen) atoms. The van der Waals surface area contributed by atoms with Crippen molar-refractivity contribution in [2.75, 3.05) is 7.11 Å². The summed E-state index contributed by atoms with van der Waals surface area (Å²) in [7, 11) is 1.62. The molecule has 0 N–H and O–H groups in total. The summed E-state index contributed by atoms with van der Waals surface area (Å²) in [4.78, 5) is 4.92. The number of rotatable bonds is 1. The minimum atomic E-state index is 1.03. The molecule has 1 aliphatic rings. The zero-order valence-corrected chi connectivity index (χ0v) is 9.63. The van der Waals surface area contributed by atoms with E-state index < -0.39 is 0 Å². The van der Waals surface area contributed by atoms with Gasteiger partial charge in [-0.2, -0.15) is 0 Å². The predicted molar refractivity (Wildman–Crippen MR) is 62.4 cm³/mol. The maximum absolute atomic E-state index is 4.92. The molecule has 0 amide bonds. The number of aryl methyl sites for hydroxylation is 2. The topological polar surface area (TPSA) is 21.6 Å². The molecular formula is C13H17NO. The third kappa shape index (κ3) is 1.76. The third-order valence-electron chi connectivity index (χ3n) is 3.17. The van der Waals surface area contributed by atoms with E-state index in [1.54, 1.807) is 7.11 Å². The van der Waals surface area contributed by atoms with Gasteiger partial charge in [-0.1, -0.05) is 17.3 Å². The Balaban J connectivity index is 2.58. The number of hydrogen-bond acceptors (Lipinski definition) is 2. The van der Waals surface area contributed by atoms with E-state index >= 15 is 0 Å². The van der Waals surface area contributed by atoms with Crippen LogP contribution in [0.4, 0.5) is 0 Å². The van der Waals surface area contributed by atoms with Crippen molar-refractivity contribution in [3.8, 4) is 0 Å². The van der Waals surface area contributed by atoms with Crippen molar-refractivity contribution < 1.29 is 4.84 Å². The number of hydrogen-bond donors (Lipinski definition) is 0. The highest BCUT2D eigenvalue weighted by atomic mass is 16.6. The Morgan fingerprint density at radius 2 is 2.00 bits per heavy atom. The molecule has 0 bridgehead atoms. The van der Waals surface area contributed by atoms with Crippen molar-refractivity contribution in [2.24, 2.45) is 5.16 Å². The molecule has 0 spiro atoms. The molecule has 0 unspecified atom stereocenters. The highest BCUT2D eigenvalue weighted by molar-refractivity contribution is 6.03. The van der Waals surface area contributed by atoms with Crippen LogP contribution in [0.1, 0.15) is 35.1 Å². The van der Waals surface area contributed by atoms with Crippen molar-refractivity contribution >= 4 is 5.71 Å². The number of fused-ring (bicyclic) bond motifs is 1. The first-order valence-corrected chi connectivity index (χ1v) is 5.43. The summed E-state index contributed by atoms with van der Waals surface area (Å²) >= 11 is 0. The van der Waals surface area contributed by atoms with E-state index in [-0.39, 0.29) is 0 Å². The molecule has 0 radical (unpaired) electrons. The Morgan fingerprint density at radius 3 is 2.73 bits per heavy atom. The van der Waals surface area contributed by atoms with Gasteiger partial charge >= 0.3 is 0 Å². The lowest BCUT2D eigenvalue weighted by Crippen LogP contribution is -2.14. The minimum Gasteiger partial charge on any atom is -0.399 e. The predicted octanol–water partition coefficient (Wildman–Crippen LogP) is 2.99. The van der Waals surface area contributed by atoms with Gasteiger partial charge in [0.2, 0.25) is 0 Å². The summed E-state index contributed by atoms with van der Waals surface area (Å²) in [6.07, 6.45) is 3.38. The number of benzene rings is 1. The van der Waals surface area contributed by atoms with Crippen LogP contribution in [0.3, 0.4) is 0 Å². The lowest BCUT2D eigenvalue weighted by atomic mass is 9.85. The fourth-order valence-corrected chi connectivity index (χ4v) is 2.25. The van der Waals surface area contributed by atoms with Crippen LogP contribution in [0.15, 0.2) is 17.3 Å². The third-order valence-corrected chi connectivity index (χ3v) is 3.17. The molecule has 1 aromatic rings. The Hall–Kier alpha value is -1.31. The number of nitrogens with zero attached hydrogens (tertiary/aromatic N) is 1. The summed E-state index contributed by atoms with van der Waals surface area (Å²) in [5, 5.41) is 4.14. The Morgan fingerprint density at radius 1 is 1.20 bits per heavy atom. The summed E-state index contributed by atoms with van der Waals surface area (Å²) in [5.41, 5.74) is 6.53. The van der Waals surface area contributed by atoms with Gasteiger partial charge in [0.25, 0.3) is 0 Å². The first kappa shape index (κ1) is 10.2. The molecule has 0 atom stereocenters. The molecule has 0 saturated heterocycles. The van der Waals surface area contributed by atoms with Crippen molar-refractivity contribution in [3.63, 3.8) is 0 Å². The molecule has 1 aliphatic carbocycles. The largest absolute Gasteiger partial charge is 0.399 e.